The third-order valence-corrected chi connectivity index (χ3v) is 3.06. The summed E-state index contributed by atoms with van der Waals surface area (Å²) < 4.78 is 5.31. The molecule has 1 aliphatic heterocycles. The molecule has 18 heavy (non-hydrogen) atoms. The number of morpholine rings is 1. The van der Waals surface area contributed by atoms with Crippen molar-refractivity contribution in [3.05, 3.63) is 29.3 Å². The second-order valence-electron chi connectivity index (χ2n) is 4.39. The molecule has 5 nitrogen and oxygen atoms in total. The number of aromatic hydroxyl groups is 1. The van der Waals surface area contributed by atoms with Crippen molar-refractivity contribution >= 4 is 5.91 Å². The molecule has 1 heterocycles. The number of ether oxygens (including phenoxy) is 1. The molecule has 1 unspecified atom stereocenters. The molecule has 5 heteroatoms. The first-order valence-corrected chi connectivity index (χ1v) is 6.06. The number of phenolic OH excluding ortho intramolecular Hbond substituents is 1. The normalized spacial score (nSPS) is 19.5. The maximum absolute atomic E-state index is 12.0. The molecule has 1 aromatic rings. The van der Waals surface area contributed by atoms with Crippen LogP contribution in [0.15, 0.2) is 18.2 Å². The number of hydrogen-bond acceptors (Lipinski definition) is 4. The molecule has 2 rings (SSSR count). The Hall–Kier alpha value is -1.59. The third kappa shape index (κ3) is 3.00. The third-order valence-electron chi connectivity index (χ3n) is 3.06. The fraction of sp³-hybridized carbons (Fsp3) is 0.462. The lowest BCUT2D eigenvalue weighted by Crippen LogP contribution is -2.48. The summed E-state index contributed by atoms with van der Waals surface area (Å²) in [6, 6.07) is 5.09. The van der Waals surface area contributed by atoms with Gasteiger partial charge in [-0.1, -0.05) is 6.07 Å². The Morgan fingerprint density at radius 1 is 1.61 bits per heavy atom. The fourth-order valence-electron chi connectivity index (χ4n) is 1.93. The summed E-state index contributed by atoms with van der Waals surface area (Å²) in [6.07, 6.45) is 0. The van der Waals surface area contributed by atoms with E-state index in [4.69, 9.17) is 4.74 Å². The Labute approximate surface area is 106 Å². The van der Waals surface area contributed by atoms with Crippen molar-refractivity contribution in [2.45, 2.75) is 13.0 Å². The Morgan fingerprint density at radius 3 is 3.17 bits per heavy atom. The highest BCUT2D eigenvalue weighted by molar-refractivity contribution is 5.96. The number of phenols is 1. The van der Waals surface area contributed by atoms with E-state index in [1.807, 2.05) is 0 Å². The molecule has 0 saturated carbocycles. The summed E-state index contributed by atoms with van der Waals surface area (Å²) in [7, 11) is 0. The van der Waals surface area contributed by atoms with E-state index in [0.29, 0.717) is 24.3 Å². The maximum atomic E-state index is 12.0. The van der Waals surface area contributed by atoms with Gasteiger partial charge in [0.2, 0.25) is 0 Å². The monoisotopic (exact) mass is 250 g/mol. The van der Waals surface area contributed by atoms with Crippen molar-refractivity contribution in [2.75, 3.05) is 26.3 Å². The van der Waals surface area contributed by atoms with Gasteiger partial charge >= 0.3 is 0 Å². The summed E-state index contributed by atoms with van der Waals surface area (Å²) in [4.78, 5) is 12.0. The van der Waals surface area contributed by atoms with Crippen LogP contribution in [0.25, 0.3) is 0 Å². The predicted molar refractivity (Wildman–Crippen MR) is 67.8 cm³/mol. The molecule has 0 aromatic heterocycles. The van der Waals surface area contributed by atoms with E-state index in [9.17, 15) is 9.90 Å². The highest BCUT2D eigenvalue weighted by atomic mass is 16.5. The van der Waals surface area contributed by atoms with Crippen molar-refractivity contribution in [2.24, 2.45) is 0 Å². The molecular formula is C13H18N2O3. The Balaban J connectivity index is 1.93. The molecule has 98 valence electrons. The number of carbonyl (C=O) groups excluding carboxylic acids is 1. The van der Waals surface area contributed by atoms with Crippen molar-refractivity contribution in [1.82, 2.24) is 10.6 Å². The first-order valence-electron chi connectivity index (χ1n) is 6.06. The van der Waals surface area contributed by atoms with Gasteiger partial charge < -0.3 is 20.5 Å². The van der Waals surface area contributed by atoms with E-state index in [2.05, 4.69) is 10.6 Å². The largest absolute Gasteiger partial charge is 0.508 e. The smallest absolute Gasteiger partial charge is 0.251 e. The van der Waals surface area contributed by atoms with Crippen LogP contribution in [0.1, 0.15) is 15.9 Å². The van der Waals surface area contributed by atoms with E-state index in [1.54, 1.807) is 25.1 Å². The van der Waals surface area contributed by atoms with Gasteiger partial charge in [0.05, 0.1) is 13.2 Å². The van der Waals surface area contributed by atoms with Gasteiger partial charge in [-0.2, -0.15) is 0 Å². The predicted octanol–water partition coefficient (Wildman–Crippen LogP) is 0.419. The molecule has 3 N–H and O–H groups in total. The van der Waals surface area contributed by atoms with Crippen LogP contribution in [0.3, 0.4) is 0 Å². The zero-order valence-corrected chi connectivity index (χ0v) is 10.4. The van der Waals surface area contributed by atoms with Gasteiger partial charge in [0.25, 0.3) is 5.91 Å². The molecule has 1 aromatic carbocycles. The van der Waals surface area contributed by atoms with E-state index < -0.39 is 0 Å². The molecule has 0 spiro atoms. The Bertz CT molecular complexity index is 428. The summed E-state index contributed by atoms with van der Waals surface area (Å²) in [5, 5.41) is 15.7. The van der Waals surface area contributed by atoms with Gasteiger partial charge in [-0.15, -0.1) is 0 Å². The number of carbonyl (C=O) groups is 1. The van der Waals surface area contributed by atoms with Gasteiger partial charge in [0, 0.05) is 30.3 Å². The molecule has 1 aliphatic rings. The zero-order chi connectivity index (χ0) is 13.0. The first-order chi connectivity index (χ1) is 8.68. The SMILES string of the molecule is Cc1c(O)cccc1C(=O)NCC1COCCN1. The number of amides is 1. The molecule has 0 aliphatic carbocycles. The average Bonchev–Trinajstić information content (AvgIpc) is 2.40. The molecular weight excluding hydrogens is 232 g/mol. The van der Waals surface area contributed by atoms with Crippen LogP contribution in [-0.2, 0) is 4.74 Å². The second-order valence-corrected chi connectivity index (χ2v) is 4.39. The van der Waals surface area contributed by atoms with Crippen LogP contribution in [0, 0.1) is 6.92 Å². The van der Waals surface area contributed by atoms with Crippen LogP contribution in [0.5, 0.6) is 5.75 Å². The highest BCUT2D eigenvalue weighted by Gasteiger charge is 2.16. The lowest BCUT2D eigenvalue weighted by atomic mass is 10.1. The van der Waals surface area contributed by atoms with E-state index in [0.717, 1.165) is 13.2 Å². The molecule has 1 fully saturated rings. The van der Waals surface area contributed by atoms with Gasteiger partial charge in [0.15, 0.2) is 0 Å². The number of rotatable bonds is 3. The van der Waals surface area contributed by atoms with Crippen molar-refractivity contribution in [1.29, 1.82) is 0 Å². The fourth-order valence-corrected chi connectivity index (χ4v) is 1.93. The summed E-state index contributed by atoms with van der Waals surface area (Å²) in [6.45, 7) is 4.39. The molecule has 0 bridgehead atoms. The van der Waals surface area contributed by atoms with Crippen LogP contribution in [0.2, 0.25) is 0 Å². The number of benzene rings is 1. The first kappa shape index (κ1) is 12.9. The van der Waals surface area contributed by atoms with Crippen LogP contribution < -0.4 is 10.6 Å². The topological polar surface area (TPSA) is 70.6 Å². The zero-order valence-electron chi connectivity index (χ0n) is 10.4. The quantitative estimate of drug-likeness (QED) is 0.727. The second kappa shape index (κ2) is 5.84. The summed E-state index contributed by atoms with van der Waals surface area (Å²) in [5.74, 6) is -0.0300. The van der Waals surface area contributed by atoms with E-state index in [-0.39, 0.29) is 17.7 Å². The van der Waals surface area contributed by atoms with Crippen LogP contribution in [-0.4, -0.2) is 43.4 Å². The molecule has 1 amide bonds. The highest BCUT2D eigenvalue weighted by Crippen LogP contribution is 2.19. The Kier molecular flexibility index (Phi) is 4.17. The minimum Gasteiger partial charge on any atom is -0.508 e. The number of hydrogen-bond donors (Lipinski definition) is 3. The minimum atomic E-state index is -0.171. The van der Waals surface area contributed by atoms with Crippen LogP contribution in [0.4, 0.5) is 0 Å². The van der Waals surface area contributed by atoms with E-state index in [1.165, 1.54) is 0 Å². The van der Waals surface area contributed by atoms with Crippen LogP contribution >= 0.6 is 0 Å². The standard InChI is InChI=1S/C13H18N2O3/c1-9-11(3-2-4-12(9)16)13(17)15-7-10-8-18-6-5-14-10/h2-4,10,14,16H,5-8H2,1H3,(H,15,17). The maximum Gasteiger partial charge on any atom is 0.251 e. The summed E-state index contributed by atoms with van der Waals surface area (Å²) >= 11 is 0. The van der Waals surface area contributed by atoms with E-state index >= 15 is 0 Å². The Morgan fingerprint density at radius 2 is 2.44 bits per heavy atom. The van der Waals surface area contributed by atoms with Gasteiger partial charge in [-0.3, -0.25) is 4.79 Å². The van der Waals surface area contributed by atoms with Crippen molar-refractivity contribution in [3.63, 3.8) is 0 Å². The molecule has 0 radical (unpaired) electrons. The van der Waals surface area contributed by atoms with Crippen molar-refractivity contribution < 1.29 is 14.6 Å². The lowest BCUT2D eigenvalue weighted by molar-refractivity contribution is 0.0734. The lowest BCUT2D eigenvalue weighted by Gasteiger charge is -2.24. The average molecular weight is 250 g/mol. The van der Waals surface area contributed by atoms with Crippen molar-refractivity contribution in [3.8, 4) is 5.75 Å². The van der Waals surface area contributed by atoms with Gasteiger partial charge in [-0.25, -0.2) is 0 Å². The van der Waals surface area contributed by atoms with Gasteiger partial charge in [-0.05, 0) is 19.1 Å². The molecule has 1 atom stereocenters. The minimum absolute atomic E-state index is 0.141. The van der Waals surface area contributed by atoms with Gasteiger partial charge in [0.1, 0.15) is 5.75 Å². The number of nitrogens with one attached hydrogen (secondary N) is 2. The molecule has 1 saturated heterocycles. The summed E-state index contributed by atoms with van der Waals surface area (Å²) in [5.41, 5.74) is 1.11.